The summed E-state index contributed by atoms with van der Waals surface area (Å²) in [5.74, 6) is 1.13. The van der Waals surface area contributed by atoms with Crippen LogP contribution in [0, 0.1) is 5.41 Å². The van der Waals surface area contributed by atoms with Crippen LogP contribution in [-0.4, -0.2) is 27.2 Å². The minimum Gasteiger partial charge on any atom is -0.359 e. The molecule has 0 aliphatic carbocycles. The van der Waals surface area contributed by atoms with Crippen LogP contribution in [0.15, 0.2) is 17.3 Å². The summed E-state index contributed by atoms with van der Waals surface area (Å²) in [5.41, 5.74) is 1.51. The lowest BCUT2D eigenvalue weighted by Crippen LogP contribution is -2.31. The molecular weight excluding hydrogens is 220 g/mol. The minimum atomic E-state index is 0.336. The first-order valence-corrected chi connectivity index (χ1v) is 6.43. The fourth-order valence-corrected chi connectivity index (χ4v) is 2.44. The molecule has 0 amide bonds. The van der Waals surface area contributed by atoms with E-state index in [1.54, 1.807) is 0 Å². The molecule has 0 spiro atoms. The quantitative estimate of drug-likeness (QED) is 0.851. The number of hydrogen-bond donors (Lipinski definition) is 1. The third-order valence-electron chi connectivity index (χ3n) is 2.59. The van der Waals surface area contributed by atoms with Gasteiger partial charge in [-0.1, -0.05) is 25.6 Å². The summed E-state index contributed by atoms with van der Waals surface area (Å²) in [6.07, 6.45) is 1.82. The van der Waals surface area contributed by atoms with Gasteiger partial charge in [0.05, 0.1) is 12.2 Å². The third kappa shape index (κ3) is 2.78. The zero-order chi connectivity index (χ0) is 11.6. The van der Waals surface area contributed by atoms with Crippen molar-refractivity contribution in [1.29, 1.82) is 0 Å². The van der Waals surface area contributed by atoms with E-state index >= 15 is 0 Å². The van der Waals surface area contributed by atoms with Crippen molar-refractivity contribution >= 4 is 16.9 Å². The molecule has 16 heavy (non-hydrogen) atoms. The van der Waals surface area contributed by atoms with E-state index in [9.17, 15) is 0 Å². The Balaban J connectivity index is 1.88. The van der Waals surface area contributed by atoms with Gasteiger partial charge in [-0.25, -0.2) is 0 Å². The molecule has 1 aliphatic heterocycles. The molecular formula is C11H18N4S. The summed E-state index contributed by atoms with van der Waals surface area (Å²) in [6, 6.07) is 2.02. The molecule has 1 aromatic heterocycles. The van der Waals surface area contributed by atoms with Crippen LogP contribution in [0.2, 0.25) is 0 Å². The molecule has 0 saturated heterocycles. The molecule has 1 aliphatic rings. The molecule has 88 valence electrons. The van der Waals surface area contributed by atoms with Gasteiger partial charge in [-0.2, -0.15) is 5.10 Å². The standard InChI is InChI=1S/C11H18N4S/c1-11(2)7-13-10(16-8-11)12-6-9-4-5-14-15(9)3/h4-5H,6-8H2,1-3H3,(H,12,13). The Hall–Kier alpha value is -0.970. The topological polar surface area (TPSA) is 42.2 Å². The van der Waals surface area contributed by atoms with Crippen LogP contribution in [0.25, 0.3) is 0 Å². The molecule has 1 N–H and O–H groups in total. The highest BCUT2D eigenvalue weighted by molar-refractivity contribution is 8.13. The van der Waals surface area contributed by atoms with Gasteiger partial charge >= 0.3 is 0 Å². The monoisotopic (exact) mass is 238 g/mol. The lowest BCUT2D eigenvalue weighted by molar-refractivity contribution is 0.436. The Morgan fingerprint density at radius 2 is 2.38 bits per heavy atom. The number of hydrogen-bond acceptors (Lipinski definition) is 4. The lowest BCUT2D eigenvalue weighted by atomic mass is 9.97. The largest absolute Gasteiger partial charge is 0.359 e. The zero-order valence-electron chi connectivity index (χ0n) is 10.0. The number of thioether (sulfide) groups is 1. The maximum Gasteiger partial charge on any atom is 0.156 e. The van der Waals surface area contributed by atoms with Crippen LogP contribution in [-0.2, 0) is 13.6 Å². The van der Waals surface area contributed by atoms with Gasteiger partial charge in [-0.3, -0.25) is 9.67 Å². The number of aromatic nitrogens is 2. The molecule has 0 unspecified atom stereocenters. The van der Waals surface area contributed by atoms with E-state index in [4.69, 9.17) is 0 Å². The lowest BCUT2D eigenvalue weighted by Gasteiger charge is -2.27. The minimum absolute atomic E-state index is 0.336. The van der Waals surface area contributed by atoms with E-state index in [1.807, 2.05) is 35.8 Å². The van der Waals surface area contributed by atoms with Crippen molar-refractivity contribution < 1.29 is 0 Å². The molecule has 4 nitrogen and oxygen atoms in total. The SMILES string of the molecule is Cn1nccc1CNC1=NCC(C)(C)CS1. The van der Waals surface area contributed by atoms with Crippen LogP contribution in [0.4, 0.5) is 0 Å². The molecule has 0 saturated carbocycles. The van der Waals surface area contributed by atoms with E-state index in [-0.39, 0.29) is 0 Å². The van der Waals surface area contributed by atoms with Gasteiger partial charge in [0, 0.05) is 25.5 Å². The highest BCUT2D eigenvalue weighted by atomic mass is 32.2. The Bertz CT molecular complexity index is 394. The Morgan fingerprint density at radius 3 is 2.94 bits per heavy atom. The van der Waals surface area contributed by atoms with Crippen molar-refractivity contribution in [3.05, 3.63) is 18.0 Å². The maximum absolute atomic E-state index is 4.55. The number of amidine groups is 1. The highest BCUT2D eigenvalue weighted by Gasteiger charge is 2.23. The molecule has 0 bridgehead atoms. The number of nitrogens with one attached hydrogen (secondary N) is 1. The summed E-state index contributed by atoms with van der Waals surface area (Å²) in [5, 5.41) is 8.54. The van der Waals surface area contributed by atoms with Gasteiger partial charge in [0.15, 0.2) is 5.17 Å². The molecule has 0 atom stereocenters. The normalized spacial score (nSPS) is 19.3. The molecule has 0 fully saturated rings. The fraction of sp³-hybridized carbons (Fsp3) is 0.636. The van der Waals surface area contributed by atoms with Crippen LogP contribution in [0.5, 0.6) is 0 Å². The van der Waals surface area contributed by atoms with E-state index in [2.05, 4.69) is 29.3 Å². The van der Waals surface area contributed by atoms with E-state index in [1.165, 1.54) is 5.69 Å². The number of rotatable bonds is 2. The highest BCUT2D eigenvalue weighted by Crippen LogP contribution is 2.26. The van der Waals surface area contributed by atoms with Crippen molar-refractivity contribution in [3.8, 4) is 0 Å². The molecule has 0 aromatic carbocycles. The summed E-state index contributed by atoms with van der Waals surface area (Å²) >= 11 is 1.81. The van der Waals surface area contributed by atoms with Gasteiger partial charge in [0.25, 0.3) is 0 Å². The van der Waals surface area contributed by atoms with Crippen molar-refractivity contribution in [3.63, 3.8) is 0 Å². The maximum atomic E-state index is 4.55. The second-order valence-electron chi connectivity index (χ2n) is 4.87. The molecule has 0 radical (unpaired) electrons. The number of nitrogens with zero attached hydrogens (tertiary/aromatic N) is 3. The van der Waals surface area contributed by atoms with Gasteiger partial charge < -0.3 is 5.32 Å². The Morgan fingerprint density at radius 1 is 1.56 bits per heavy atom. The predicted octanol–water partition coefficient (Wildman–Crippen LogP) is 1.64. The molecule has 2 heterocycles. The average molecular weight is 238 g/mol. The first-order chi connectivity index (χ1) is 7.57. The summed E-state index contributed by atoms with van der Waals surface area (Å²) in [6.45, 7) is 6.21. The van der Waals surface area contributed by atoms with Crippen LogP contribution < -0.4 is 5.32 Å². The second kappa shape index (κ2) is 4.49. The molecule has 1 aromatic rings. The van der Waals surface area contributed by atoms with Gasteiger partial charge in [-0.15, -0.1) is 0 Å². The first kappa shape index (κ1) is 11.5. The molecule has 5 heteroatoms. The van der Waals surface area contributed by atoms with Gasteiger partial charge in [0.2, 0.25) is 0 Å². The number of aliphatic imine (C=N–C) groups is 1. The van der Waals surface area contributed by atoms with Gasteiger partial charge in [0.1, 0.15) is 0 Å². The predicted molar refractivity (Wildman–Crippen MR) is 68.6 cm³/mol. The van der Waals surface area contributed by atoms with Crippen LogP contribution in [0.1, 0.15) is 19.5 Å². The van der Waals surface area contributed by atoms with Crippen LogP contribution in [0.3, 0.4) is 0 Å². The summed E-state index contributed by atoms with van der Waals surface area (Å²) in [4.78, 5) is 4.55. The summed E-state index contributed by atoms with van der Waals surface area (Å²) < 4.78 is 1.88. The van der Waals surface area contributed by atoms with Crippen molar-refractivity contribution in [1.82, 2.24) is 15.1 Å². The van der Waals surface area contributed by atoms with Crippen molar-refractivity contribution in [2.24, 2.45) is 17.5 Å². The van der Waals surface area contributed by atoms with Gasteiger partial charge in [-0.05, 0) is 11.5 Å². The first-order valence-electron chi connectivity index (χ1n) is 5.45. The third-order valence-corrected chi connectivity index (χ3v) is 4.07. The van der Waals surface area contributed by atoms with Crippen LogP contribution >= 0.6 is 11.8 Å². The Kier molecular flexibility index (Phi) is 3.23. The van der Waals surface area contributed by atoms with E-state index in [0.717, 1.165) is 24.0 Å². The molecule has 2 rings (SSSR count). The average Bonchev–Trinajstić information content (AvgIpc) is 2.63. The summed E-state index contributed by atoms with van der Waals surface area (Å²) in [7, 11) is 1.95. The fourth-order valence-electron chi connectivity index (χ4n) is 1.49. The van der Waals surface area contributed by atoms with Crippen molar-refractivity contribution in [2.45, 2.75) is 20.4 Å². The van der Waals surface area contributed by atoms with E-state index < -0.39 is 0 Å². The van der Waals surface area contributed by atoms with Crippen molar-refractivity contribution in [2.75, 3.05) is 12.3 Å². The second-order valence-corrected chi connectivity index (χ2v) is 5.84. The Labute approximate surface area is 101 Å². The zero-order valence-corrected chi connectivity index (χ0v) is 10.8. The van der Waals surface area contributed by atoms with E-state index in [0.29, 0.717) is 5.41 Å². The smallest absolute Gasteiger partial charge is 0.156 e. The number of aryl methyl sites for hydroxylation is 1.